The first-order valence-electron chi connectivity index (χ1n) is 13.3. The van der Waals surface area contributed by atoms with Crippen molar-refractivity contribution in [3.05, 3.63) is 95.1 Å². The summed E-state index contributed by atoms with van der Waals surface area (Å²) in [6.45, 7) is 4.10. The summed E-state index contributed by atoms with van der Waals surface area (Å²) >= 11 is 0. The number of likely N-dealkylation sites (N-methyl/N-ethyl adjacent to an activating group) is 1. The van der Waals surface area contributed by atoms with Crippen LogP contribution in [0.2, 0.25) is 0 Å². The van der Waals surface area contributed by atoms with Gasteiger partial charge in [-0.3, -0.25) is 14.4 Å². The third kappa shape index (κ3) is 6.71. The van der Waals surface area contributed by atoms with Crippen molar-refractivity contribution in [3.8, 4) is 5.75 Å². The largest absolute Gasteiger partial charge is 0.491 e. The van der Waals surface area contributed by atoms with Crippen LogP contribution in [0.25, 0.3) is 0 Å². The van der Waals surface area contributed by atoms with Crippen LogP contribution in [0.3, 0.4) is 0 Å². The lowest BCUT2D eigenvalue weighted by Gasteiger charge is -2.36. The Morgan fingerprint density at radius 2 is 1.59 bits per heavy atom. The van der Waals surface area contributed by atoms with E-state index >= 15 is 0 Å². The van der Waals surface area contributed by atoms with E-state index in [2.05, 4.69) is 5.32 Å². The number of carbonyl (C=O) groups excluding carboxylic acids is 3. The smallest absolute Gasteiger partial charge is 0.258 e. The SMILES string of the molecule is CO[C@@H]1CN(C)C(=O)c2ccc(NC(=O)c3ccccc3F)cc2OC[C@H](C)N(C(=O)c2ccccc2F)C[C@H]1C. The first kappa shape index (κ1) is 29.7. The van der Waals surface area contributed by atoms with Crippen LogP contribution >= 0.6 is 0 Å². The molecular weight excluding hydrogens is 532 g/mol. The van der Waals surface area contributed by atoms with Crippen molar-refractivity contribution in [1.29, 1.82) is 0 Å². The number of nitrogens with one attached hydrogen (secondary N) is 1. The Labute approximate surface area is 237 Å². The number of anilines is 1. The molecule has 0 aliphatic carbocycles. The van der Waals surface area contributed by atoms with Crippen molar-refractivity contribution in [2.24, 2.45) is 5.92 Å². The standard InChI is InChI=1S/C31H33F2N3O5/c1-19-16-36(31(39)23-10-6-8-12-26(23)33)20(2)18-41-27-15-21(34-29(37)22-9-5-7-11-25(22)32)13-14-24(27)30(38)35(3)17-28(19)40-4/h5-15,19-20,28H,16-18H2,1-4H3,(H,34,37)/t19-,20+,28-/m1/s1. The first-order chi connectivity index (χ1) is 19.6. The van der Waals surface area contributed by atoms with Gasteiger partial charge in [0.05, 0.1) is 28.8 Å². The van der Waals surface area contributed by atoms with E-state index in [9.17, 15) is 23.2 Å². The minimum absolute atomic E-state index is 0.0285. The average molecular weight is 566 g/mol. The maximum atomic E-state index is 14.6. The van der Waals surface area contributed by atoms with Crippen LogP contribution in [-0.4, -0.2) is 73.5 Å². The van der Waals surface area contributed by atoms with Crippen LogP contribution in [0.15, 0.2) is 66.7 Å². The van der Waals surface area contributed by atoms with Crippen molar-refractivity contribution < 1.29 is 32.6 Å². The van der Waals surface area contributed by atoms with Crippen LogP contribution < -0.4 is 10.1 Å². The van der Waals surface area contributed by atoms with E-state index in [1.807, 2.05) is 6.92 Å². The van der Waals surface area contributed by atoms with Gasteiger partial charge in [-0.15, -0.1) is 0 Å². The van der Waals surface area contributed by atoms with Crippen LogP contribution in [0.4, 0.5) is 14.5 Å². The van der Waals surface area contributed by atoms with Crippen molar-refractivity contribution >= 4 is 23.4 Å². The molecule has 41 heavy (non-hydrogen) atoms. The molecule has 4 rings (SSSR count). The first-order valence-corrected chi connectivity index (χ1v) is 13.3. The lowest BCUT2D eigenvalue weighted by molar-refractivity contribution is 0.0110. The molecule has 0 fully saturated rings. The number of halogens is 2. The third-order valence-corrected chi connectivity index (χ3v) is 7.19. The number of fused-ring (bicyclic) bond motifs is 1. The Balaban J connectivity index is 1.68. The van der Waals surface area contributed by atoms with Crippen molar-refractivity contribution in [2.45, 2.75) is 26.0 Å². The average Bonchev–Trinajstić information content (AvgIpc) is 2.96. The zero-order valence-electron chi connectivity index (χ0n) is 23.4. The highest BCUT2D eigenvalue weighted by Gasteiger charge is 2.31. The fraction of sp³-hybridized carbons (Fsp3) is 0.323. The molecule has 1 aliphatic rings. The minimum Gasteiger partial charge on any atom is -0.491 e. The monoisotopic (exact) mass is 565 g/mol. The summed E-state index contributed by atoms with van der Waals surface area (Å²) in [7, 11) is 3.18. The van der Waals surface area contributed by atoms with Gasteiger partial charge in [0, 0.05) is 44.9 Å². The molecule has 0 aromatic heterocycles. The van der Waals surface area contributed by atoms with Crippen molar-refractivity contribution in [2.75, 3.05) is 39.2 Å². The van der Waals surface area contributed by atoms with Crippen LogP contribution in [-0.2, 0) is 4.74 Å². The minimum atomic E-state index is -0.667. The summed E-state index contributed by atoms with van der Waals surface area (Å²) in [5, 5.41) is 2.64. The molecule has 1 heterocycles. The predicted octanol–water partition coefficient (Wildman–Crippen LogP) is 4.86. The molecule has 3 atom stereocenters. The summed E-state index contributed by atoms with van der Waals surface area (Å²) in [6, 6.07) is 15.4. The fourth-order valence-corrected chi connectivity index (χ4v) is 4.77. The Bertz CT molecular complexity index is 1430. The van der Waals surface area contributed by atoms with E-state index in [1.165, 1.54) is 59.5 Å². The van der Waals surface area contributed by atoms with E-state index in [-0.39, 0.29) is 59.6 Å². The Kier molecular flexibility index (Phi) is 9.34. The van der Waals surface area contributed by atoms with Gasteiger partial charge >= 0.3 is 0 Å². The van der Waals surface area contributed by atoms with E-state index < -0.39 is 35.6 Å². The highest BCUT2D eigenvalue weighted by Crippen LogP contribution is 2.28. The molecule has 3 amide bonds. The number of benzene rings is 3. The highest BCUT2D eigenvalue weighted by atomic mass is 19.1. The van der Waals surface area contributed by atoms with Crippen LogP contribution in [0.5, 0.6) is 5.75 Å². The molecule has 0 radical (unpaired) electrons. The van der Waals surface area contributed by atoms with E-state index in [1.54, 1.807) is 38.1 Å². The molecule has 3 aromatic rings. The van der Waals surface area contributed by atoms with Crippen molar-refractivity contribution in [3.63, 3.8) is 0 Å². The topological polar surface area (TPSA) is 88.2 Å². The Morgan fingerprint density at radius 3 is 2.22 bits per heavy atom. The van der Waals surface area contributed by atoms with Gasteiger partial charge in [-0.2, -0.15) is 0 Å². The molecular formula is C31H33F2N3O5. The second-order valence-electron chi connectivity index (χ2n) is 10.2. The quantitative estimate of drug-likeness (QED) is 0.488. The maximum absolute atomic E-state index is 14.6. The summed E-state index contributed by atoms with van der Waals surface area (Å²) in [5.41, 5.74) is 0.333. The van der Waals surface area contributed by atoms with E-state index in [0.717, 1.165) is 0 Å². The number of ether oxygens (including phenoxy) is 2. The zero-order chi connectivity index (χ0) is 29.7. The summed E-state index contributed by atoms with van der Waals surface area (Å²) in [6.07, 6.45) is -0.421. The molecule has 8 nitrogen and oxygen atoms in total. The number of hydrogen-bond donors (Lipinski definition) is 1. The van der Waals surface area contributed by atoms with Crippen LogP contribution in [0, 0.1) is 17.6 Å². The second kappa shape index (κ2) is 12.9. The van der Waals surface area contributed by atoms with Gasteiger partial charge in [-0.25, -0.2) is 8.78 Å². The van der Waals surface area contributed by atoms with Gasteiger partial charge in [0.2, 0.25) is 0 Å². The molecule has 0 saturated heterocycles. The number of hydrogen-bond acceptors (Lipinski definition) is 5. The van der Waals surface area contributed by atoms with Crippen molar-refractivity contribution in [1.82, 2.24) is 9.80 Å². The number of carbonyl (C=O) groups is 3. The highest BCUT2D eigenvalue weighted by molar-refractivity contribution is 6.05. The second-order valence-corrected chi connectivity index (χ2v) is 10.2. The molecule has 0 bridgehead atoms. The summed E-state index contributed by atoms with van der Waals surface area (Å²) in [5.74, 6) is -2.81. The van der Waals surface area contributed by atoms with Gasteiger partial charge in [-0.1, -0.05) is 31.2 Å². The third-order valence-electron chi connectivity index (χ3n) is 7.19. The maximum Gasteiger partial charge on any atom is 0.258 e. The molecule has 3 aromatic carbocycles. The molecule has 0 unspecified atom stereocenters. The number of amides is 3. The van der Waals surface area contributed by atoms with E-state index in [0.29, 0.717) is 0 Å². The van der Waals surface area contributed by atoms with Gasteiger partial charge in [-0.05, 0) is 43.3 Å². The van der Waals surface area contributed by atoms with Gasteiger partial charge in [0.1, 0.15) is 24.0 Å². The molecule has 1 aliphatic heterocycles. The lowest BCUT2D eigenvalue weighted by atomic mass is 10.0. The number of nitrogens with zero attached hydrogens (tertiary/aromatic N) is 2. The van der Waals surface area contributed by atoms with Gasteiger partial charge in [0.15, 0.2) is 0 Å². The van der Waals surface area contributed by atoms with Gasteiger partial charge < -0.3 is 24.6 Å². The fourth-order valence-electron chi connectivity index (χ4n) is 4.77. The predicted molar refractivity (Wildman–Crippen MR) is 150 cm³/mol. The lowest BCUT2D eigenvalue weighted by Crippen LogP contribution is -2.48. The Hall–Kier alpha value is -4.31. The van der Waals surface area contributed by atoms with E-state index in [4.69, 9.17) is 9.47 Å². The summed E-state index contributed by atoms with van der Waals surface area (Å²) in [4.78, 5) is 42.7. The molecule has 1 N–H and O–H groups in total. The zero-order valence-corrected chi connectivity index (χ0v) is 23.4. The van der Waals surface area contributed by atoms with Gasteiger partial charge in [0.25, 0.3) is 17.7 Å². The molecule has 0 spiro atoms. The Morgan fingerprint density at radius 1 is 0.951 bits per heavy atom. The number of methoxy groups -OCH3 is 1. The molecule has 216 valence electrons. The number of rotatable bonds is 4. The van der Waals surface area contributed by atoms with Crippen LogP contribution in [0.1, 0.15) is 44.9 Å². The molecule has 10 heteroatoms. The molecule has 0 saturated carbocycles. The summed E-state index contributed by atoms with van der Waals surface area (Å²) < 4.78 is 40.5. The normalized spacial score (nSPS) is 19.9.